The number of carbonyl (C=O) groups is 1. The van der Waals surface area contributed by atoms with Gasteiger partial charge in [0, 0.05) is 11.1 Å². The largest absolute Gasteiger partial charge is 0.491 e. The predicted octanol–water partition coefficient (Wildman–Crippen LogP) is 3.46. The van der Waals surface area contributed by atoms with Gasteiger partial charge in [-0.1, -0.05) is 23.2 Å². The number of ether oxygens (including phenoxy) is 1. The van der Waals surface area contributed by atoms with E-state index in [1.54, 1.807) is 0 Å². The van der Waals surface area contributed by atoms with Crippen molar-refractivity contribution in [3.8, 4) is 5.75 Å². The van der Waals surface area contributed by atoms with Crippen LogP contribution in [-0.4, -0.2) is 12.1 Å². The molecule has 0 saturated heterocycles. The van der Waals surface area contributed by atoms with Crippen molar-refractivity contribution in [3.05, 3.63) is 28.2 Å². The summed E-state index contributed by atoms with van der Waals surface area (Å²) in [6.45, 7) is 0. The van der Waals surface area contributed by atoms with E-state index in [0.29, 0.717) is 0 Å². The van der Waals surface area contributed by atoms with Gasteiger partial charge in [-0.15, -0.1) is 0 Å². The van der Waals surface area contributed by atoms with Crippen LogP contribution in [0.2, 0.25) is 10.0 Å². The molecule has 82 valence electrons. The third-order valence-electron chi connectivity index (χ3n) is 1.33. The number of hydrogen-bond donors (Lipinski definition) is 0. The molecule has 0 N–H and O–H groups in total. The van der Waals surface area contributed by atoms with Crippen molar-refractivity contribution in [1.29, 1.82) is 0 Å². The molecule has 0 aliphatic heterocycles. The number of esters is 1. The molecule has 0 aliphatic carbocycles. The maximum absolute atomic E-state index is 11.8. The Morgan fingerprint density at radius 1 is 1.27 bits per heavy atom. The number of carbonyl (C=O) groups excluding carboxylic acids is 1. The molecule has 7 heteroatoms. The summed E-state index contributed by atoms with van der Waals surface area (Å²) in [4.78, 5) is 10.4. The second-order valence-corrected chi connectivity index (χ2v) is 3.31. The van der Waals surface area contributed by atoms with Crippen molar-refractivity contribution in [2.24, 2.45) is 0 Å². The predicted molar refractivity (Wildman–Crippen MR) is 48.2 cm³/mol. The molecule has 0 aliphatic rings. The molecular weight excluding hydrogens is 256 g/mol. The van der Waals surface area contributed by atoms with Crippen LogP contribution in [-0.2, 0) is 4.79 Å². The Labute approximate surface area is 92.5 Å². The van der Waals surface area contributed by atoms with Crippen LogP contribution in [0.25, 0.3) is 0 Å². The third kappa shape index (κ3) is 3.28. The smallest absolute Gasteiger partial charge is 0.418 e. The second-order valence-electron chi connectivity index (χ2n) is 2.46. The minimum Gasteiger partial charge on any atom is -0.418 e. The van der Waals surface area contributed by atoms with Crippen LogP contribution in [0.4, 0.5) is 13.2 Å². The highest BCUT2D eigenvalue weighted by molar-refractivity contribution is 6.34. The number of hydrogen-bond acceptors (Lipinski definition) is 2. The van der Waals surface area contributed by atoms with Crippen LogP contribution in [0.5, 0.6) is 5.75 Å². The summed E-state index contributed by atoms with van der Waals surface area (Å²) >= 11 is 11.0. The Morgan fingerprint density at radius 3 is 2.40 bits per heavy atom. The number of halogens is 5. The van der Waals surface area contributed by atoms with Gasteiger partial charge in [0.05, 0.1) is 5.02 Å². The molecular formula is C8H3Cl2F3O2. The molecule has 15 heavy (non-hydrogen) atoms. The maximum Gasteiger partial charge on any atom is 0.491 e. The van der Waals surface area contributed by atoms with Crippen LogP contribution in [0.1, 0.15) is 0 Å². The van der Waals surface area contributed by atoms with E-state index in [9.17, 15) is 18.0 Å². The highest BCUT2D eigenvalue weighted by Gasteiger charge is 2.41. The summed E-state index contributed by atoms with van der Waals surface area (Å²) in [7, 11) is 0. The quantitative estimate of drug-likeness (QED) is 0.570. The van der Waals surface area contributed by atoms with Crippen LogP contribution < -0.4 is 4.74 Å². The van der Waals surface area contributed by atoms with E-state index >= 15 is 0 Å². The van der Waals surface area contributed by atoms with E-state index in [0.717, 1.165) is 6.07 Å². The summed E-state index contributed by atoms with van der Waals surface area (Å²) in [5.74, 6) is -2.77. The molecule has 0 heterocycles. The van der Waals surface area contributed by atoms with E-state index < -0.39 is 17.9 Å². The first-order valence-corrected chi connectivity index (χ1v) is 4.30. The first kappa shape index (κ1) is 12.1. The Kier molecular flexibility index (Phi) is 3.46. The topological polar surface area (TPSA) is 26.3 Å². The van der Waals surface area contributed by atoms with Crippen LogP contribution in [0.3, 0.4) is 0 Å². The number of alkyl halides is 3. The molecule has 0 radical (unpaired) electrons. The van der Waals surface area contributed by atoms with Crippen molar-refractivity contribution < 1.29 is 22.7 Å². The van der Waals surface area contributed by atoms with E-state index in [-0.39, 0.29) is 10.0 Å². The Morgan fingerprint density at radius 2 is 1.87 bits per heavy atom. The van der Waals surface area contributed by atoms with Gasteiger partial charge >= 0.3 is 12.1 Å². The Balaban J connectivity index is 2.90. The molecule has 2 nitrogen and oxygen atoms in total. The highest BCUT2D eigenvalue weighted by atomic mass is 35.5. The zero-order valence-electron chi connectivity index (χ0n) is 6.94. The third-order valence-corrected chi connectivity index (χ3v) is 1.87. The lowest BCUT2D eigenvalue weighted by atomic mass is 10.3. The Bertz CT molecular complexity index is 390. The highest BCUT2D eigenvalue weighted by Crippen LogP contribution is 2.29. The molecule has 0 bridgehead atoms. The molecule has 1 aromatic carbocycles. The van der Waals surface area contributed by atoms with Crippen LogP contribution in [0.15, 0.2) is 18.2 Å². The number of benzene rings is 1. The summed E-state index contributed by atoms with van der Waals surface area (Å²) in [6.07, 6.45) is -5.06. The normalized spacial score (nSPS) is 11.3. The van der Waals surface area contributed by atoms with E-state index in [2.05, 4.69) is 4.74 Å². The lowest BCUT2D eigenvalue weighted by Gasteiger charge is -2.08. The zero-order chi connectivity index (χ0) is 11.6. The molecule has 0 aromatic heterocycles. The lowest BCUT2D eigenvalue weighted by molar-refractivity contribution is -0.189. The molecule has 0 atom stereocenters. The fourth-order valence-electron chi connectivity index (χ4n) is 0.713. The van der Waals surface area contributed by atoms with Crippen LogP contribution >= 0.6 is 23.2 Å². The van der Waals surface area contributed by atoms with Gasteiger partial charge in [-0.25, -0.2) is 4.79 Å². The van der Waals surface area contributed by atoms with Gasteiger partial charge < -0.3 is 4.74 Å². The standard InChI is InChI=1S/C8H3Cl2F3O2/c9-4-1-2-5(10)6(3-4)15-7(14)8(11,12)13/h1-3H. The van der Waals surface area contributed by atoms with Crippen molar-refractivity contribution >= 4 is 29.2 Å². The molecule has 1 aromatic rings. The average molecular weight is 259 g/mol. The fraction of sp³-hybridized carbons (Fsp3) is 0.125. The Hall–Kier alpha value is -0.940. The van der Waals surface area contributed by atoms with Crippen molar-refractivity contribution in [3.63, 3.8) is 0 Å². The van der Waals surface area contributed by atoms with Crippen molar-refractivity contribution in [1.82, 2.24) is 0 Å². The zero-order valence-corrected chi connectivity index (χ0v) is 8.45. The average Bonchev–Trinajstić information content (AvgIpc) is 2.09. The van der Waals surface area contributed by atoms with E-state index in [1.165, 1.54) is 12.1 Å². The maximum atomic E-state index is 11.8. The summed E-state index contributed by atoms with van der Waals surface area (Å²) in [5.41, 5.74) is 0. The van der Waals surface area contributed by atoms with E-state index in [1.807, 2.05) is 0 Å². The summed E-state index contributed by atoms with van der Waals surface area (Å²) < 4.78 is 39.5. The van der Waals surface area contributed by atoms with Gasteiger partial charge in [0.15, 0.2) is 5.75 Å². The molecule has 0 unspecified atom stereocenters. The first-order valence-electron chi connectivity index (χ1n) is 3.55. The molecule has 0 fully saturated rings. The SMILES string of the molecule is O=C(Oc1cc(Cl)ccc1Cl)C(F)(F)F. The summed E-state index contributed by atoms with van der Waals surface area (Å²) in [5, 5.41) is -0.0126. The van der Waals surface area contributed by atoms with Gasteiger partial charge in [-0.3, -0.25) is 0 Å². The van der Waals surface area contributed by atoms with Crippen LogP contribution in [0, 0.1) is 0 Å². The summed E-state index contributed by atoms with van der Waals surface area (Å²) in [6, 6.07) is 3.60. The van der Waals surface area contributed by atoms with Gasteiger partial charge in [-0.05, 0) is 12.1 Å². The molecule has 0 spiro atoms. The minimum atomic E-state index is -5.06. The molecule has 0 saturated carbocycles. The second kappa shape index (κ2) is 4.28. The lowest BCUT2D eigenvalue weighted by Crippen LogP contribution is -2.28. The van der Waals surface area contributed by atoms with Gasteiger partial charge in [0.2, 0.25) is 0 Å². The van der Waals surface area contributed by atoms with Crippen molar-refractivity contribution in [2.45, 2.75) is 6.18 Å². The minimum absolute atomic E-state index is 0.115. The van der Waals surface area contributed by atoms with E-state index in [4.69, 9.17) is 23.2 Å². The fourth-order valence-corrected chi connectivity index (χ4v) is 1.03. The monoisotopic (exact) mass is 258 g/mol. The van der Waals surface area contributed by atoms with Crippen molar-refractivity contribution in [2.75, 3.05) is 0 Å². The first-order chi connectivity index (χ1) is 6.80. The number of rotatable bonds is 1. The molecule has 0 amide bonds. The van der Waals surface area contributed by atoms with Gasteiger partial charge in [0.25, 0.3) is 0 Å². The van der Waals surface area contributed by atoms with Gasteiger partial charge in [-0.2, -0.15) is 13.2 Å². The van der Waals surface area contributed by atoms with Gasteiger partial charge in [0.1, 0.15) is 0 Å². The molecule has 1 rings (SSSR count).